The van der Waals surface area contributed by atoms with Crippen LogP contribution in [0.25, 0.3) is 11.0 Å². The first-order valence-electron chi connectivity index (χ1n) is 8.23. The van der Waals surface area contributed by atoms with Crippen LogP contribution in [0.2, 0.25) is 0 Å². The van der Waals surface area contributed by atoms with Crippen LogP contribution in [0.3, 0.4) is 0 Å². The zero-order valence-corrected chi connectivity index (χ0v) is 13.6. The van der Waals surface area contributed by atoms with Crippen molar-refractivity contribution in [2.75, 3.05) is 13.1 Å². The highest BCUT2D eigenvalue weighted by Gasteiger charge is 2.32. The molecular weight excluding hydrogens is 302 g/mol. The van der Waals surface area contributed by atoms with Crippen LogP contribution in [0.4, 0.5) is 0 Å². The van der Waals surface area contributed by atoms with Gasteiger partial charge in [0.05, 0.1) is 29.3 Å². The predicted octanol–water partition coefficient (Wildman–Crippen LogP) is 2.01. The van der Waals surface area contributed by atoms with Crippen LogP contribution in [0.15, 0.2) is 42.9 Å². The lowest BCUT2D eigenvalue weighted by molar-refractivity contribution is -0.134. The molecule has 24 heavy (non-hydrogen) atoms. The van der Waals surface area contributed by atoms with Gasteiger partial charge in [-0.25, -0.2) is 4.98 Å². The number of likely N-dealkylation sites (tertiary alicyclic amines) is 1. The number of para-hydroxylation sites is 2. The predicted molar refractivity (Wildman–Crippen MR) is 90.5 cm³/mol. The highest BCUT2D eigenvalue weighted by molar-refractivity contribution is 5.79. The second-order valence-corrected chi connectivity index (χ2v) is 6.16. The van der Waals surface area contributed by atoms with E-state index in [1.807, 2.05) is 53.2 Å². The van der Waals surface area contributed by atoms with Crippen LogP contribution < -0.4 is 0 Å². The van der Waals surface area contributed by atoms with Gasteiger partial charge in [-0.1, -0.05) is 12.1 Å². The van der Waals surface area contributed by atoms with Gasteiger partial charge in [0.15, 0.2) is 0 Å². The summed E-state index contributed by atoms with van der Waals surface area (Å²) >= 11 is 0. The van der Waals surface area contributed by atoms with Crippen molar-refractivity contribution >= 4 is 16.9 Å². The maximum Gasteiger partial charge on any atom is 0.227 e. The van der Waals surface area contributed by atoms with Crippen LogP contribution in [-0.2, 0) is 17.8 Å². The van der Waals surface area contributed by atoms with Crippen molar-refractivity contribution in [3.63, 3.8) is 0 Å². The third-order valence-electron chi connectivity index (χ3n) is 4.49. The first-order chi connectivity index (χ1) is 11.7. The fourth-order valence-electron chi connectivity index (χ4n) is 2.99. The lowest BCUT2D eigenvalue weighted by Crippen LogP contribution is -2.49. The first kappa shape index (κ1) is 14.8. The number of carbonyl (C=O) groups is 1. The Kier molecular flexibility index (Phi) is 3.72. The highest BCUT2D eigenvalue weighted by Crippen LogP contribution is 2.26. The molecular formula is C18H19N5O. The van der Waals surface area contributed by atoms with E-state index in [-0.39, 0.29) is 11.8 Å². The molecule has 0 aliphatic carbocycles. The average Bonchev–Trinajstić information content (AvgIpc) is 3.01. The van der Waals surface area contributed by atoms with Gasteiger partial charge in [0, 0.05) is 37.9 Å². The third-order valence-corrected chi connectivity index (χ3v) is 4.49. The van der Waals surface area contributed by atoms with E-state index < -0.39 is 0 Å². The summed E-state index contributed by atoms with van der Waals surface area (Å²) in [7, 11) is 0. The van der Waals surface area contributed by atoms with Gasteiger partial charge in [-0.15, -0.1) is 0 Å². The minimum absolute atomic E-state index is 0.149. The van der Waals surface area contributed by atoms with E-state index in [1.165, 1.54) is 0 Å². The van der Waals surface area contributed by atoms with E-state index in [1.54, 1.807) is 6.20 Å². The summed E-state index contributed by atoms with van der Waals surface area (Å²) in [4.78, 5) is 23.3. The Balaban J connectivity index is 1.38. The number of nitrogens with zero attached hydrogens (tertiary/aromatic N) is 5. The SMILES string of the molecule is CCn1cc(CC(=O)N2CC(c3cnc4ccccc4n3)C2)cn1. The molecule has 1 aliphatic heterocycles. The molecule has 4 rings (SSSR count). The molecule has 3 heterocycles. The monoisotopic (exact) mass is 321 g/mol. The molecule has 0 unspecified atom stereocenters. The van der Waals surface area contributed by atoms with Gasteiger partial charge >= 0.3 is 0 Å². The first-order valence-corrected chi connectivity index (χ1v) is 8.23. The van der Waals surface area contributed by atoms with Gasteiger partial charge in [0.1, 0.15) is 0 Å². The maximum absolute atomic E-state index is 12.3. The molecule has 0 atom stereocenters. The Hall–Kier alpha value is -2.76. The van der Waals surface area contributed by atoms with Gasteiger partial charge in [0.25, 0.3) is 0 Å². The Bertz CT molecular complexity index is 882. The Morgan fingerprint density at radius 2 is 2.00 bits per heavy atom. The quantitative estimate of drug-likeness (QED) is 0.737. The smallest absolute Gasteiger partial charge is 0.227 e. The number of amides is 1. The summed E-state index contributed by atoms with van der Waals surface area (Å²) in [6.45, 7) is 4.28. The van der Waals surface area contributed by atoms with E-state index in [9.17, 15) is 4.79 Å². The number of fused-ring (bicyclic) bond motifs is 1. The second-order valence-electron chi connectivity index (χ2n) is 6.16. The van der Waals surface area contributed by atoms with E-state index in [2.05, 4.69) is 15.1 Å². The molecule has 1 amide bonds. The standard InChI is InChI=1S/C18H19N5O/c1-2-23-10-13(8-20-23)7-18(24)22-11-14(12-22)17-9-19-15-5-3-4-6-16(15)21-17/h3-6,8-10,14H,2,7,11-12H2,1H3. The van der Waals surface area contributed by atoms with Crippen molar-refractivity contribution in [3.8, 4) is 0 Å². The number of rotatable bonds is 4. The number of carbonyl (C=O) groups excluding carboxylic acids is 1. The molecule has 0 radical (unpaired) electrons. The average molecular weight is 321 g/mol. The Morgan fingerprint density at radius 3 is 2.75 bits per heavy atom. The minimum Gasteiger partial charge on any atom is -0.341 e. The molecule has 0 spiro atoms. The molecule has 0 bridgehead atoms. The summed E-state index contributed by atoms with van der Waals surface area (Å²) in [6, 6.07) is 7.85. The lowest BCUT2D eigenvalue weighted by Gasteiger charge is -2.38. The molecule has 3 aromatic rings. The van der Waals surface area contributed by atoms with Gasteiger partial charge in [-0.3, -0.25) is 14.5 Å². The van der Waals surface area contributed by atoms with Crippen LogP contribution in [-0.4, -0.2) is 43.6 Å². The summed E-state index contributed by atoms with van der Waals surface area (Å²) in [5, 5.41) is 4.21. The van der Waals surface area contributed by atoms with E-state index in [0.29, 0.717) is 19.5 Å². The van der Waals surface area contributed by atoms with E-state index in [0.717, 1.165) is 28.8 Å². The van der Waals surface area contributed by atoms with Crippen LogP contribution in [0, 0.1) is 0 Å². The maximum atomic E-state index is 12.3. The van der Waals surface area contributed by atoms with Crippen LogP contribution >= 0.6 is 0 Å². The Morgan fingerprint density at radius 1 is 1.21 bits per heavy atom. The summed E-state index contributed by atoms with van der Waals surface area (Å²) in [6.07, 6.45) is 5.95. The molecule has 6 heteroatoms. The molecule has 1 aliphatic rings. The van der Waals surface area contributed by atoms with Crippen molar-refractivity contribution < 1.29 is 4.79 Å². The van der Waals surface area contributed by atoms with Crippen molar-refractivity contribution in [1.29, 1.82) is 0 Å². The fraction of sp³-hybridized carbons (Fsp3) is 0.333. The number of aryl methyl sites for hydroxylation is 1. The van der Waals surface area contributed by atoms with E-state index in [4.69, 9.17) is 0 Å². The minimum atomic E-state index is 0.149. The lowest BCUT2D eigenvalue weighted by atomic mass is 9.95. The van der Waals surface area contributed by atoms with Gasteiger partial charge in [-0.2, -0.15) is 5.10 Å². The van der Waals surface area contributed by atoms with Gasteiger partial charge < -0.3 is 4.90 Å². The fourth-order valence-corrected chi connectivity index (χ4v) is 2.99. The van der Waals surface area contributed by atoms with Crippen LogP contribution in [0.5, 0.6) is 0 Å². The molecule has 2 aromatic heterocycles. The second kappa shape index (κ2) is 6.03. The largest absolute Gasteiger partial charge is 0.341 e. The van der Waals surface area contributed by atoms with Crippen molar-refractivity contribution in [3.05, 3.63) is 54.1 Å². The summed E-state index contributed by atoms with van der Waals surface area (Å²) in [5.74, 6) is 0.431. The molecule has 122 valence electrons. The van der Waals surface area contributed by atoms with Crippen molar-refractivity contribution in [1.82, 2.24) is 24.6 Å². The van der Waals surface area contributed by atoms with Crippen LogP contribution in [0.1, 0.15) is 24.1 Å². The molecule has 1 aromatic carbocycles. The Labute approximate surface area is 140 Å². The third kappa shape index (κ3) is 2.75. The number of aromatic nitrogens is 4. The summed E-state index contributed by atoms with van der Waals surface area (Å²) in [5.41, 5.74) is 3.75. The molecule has 6 nitrogen and oxygen atoms in total. The molecule has 0 N–H and O–H groups in total. The normalized spacial score (nSPS) is 14.8. The van der Waals surface area contributed by atoms with Gasteiger partial charge in [-0.05, 0) is 24.6 Å². The zero-order valence-electron chi connectivity index (χ0n) is 13.6. The van der Waals surface area contributed by atoms with Gasteiger partial charge in [0.2, 0.25) is 5.91 Å². The number of hydrogen-bond acceptors (Lipinski definition) is 4. The topological polar surface area (TPSA) is 63.9 Å². The van der Waals surface area contributed by atoms with Crippen molar-refractivity contribution in [2.45, 2.75) is 25.8 Å². The van der Waals surface area contributed by atoms with E-state index >= 15 is 0 Å². The number of hydrogen-bond donors (Lipinski definition) is 0. The van der Waals surface area contributed by atoms with Crippen molar-refractivity contribution in [2.24, 2.45) is 0 Å². The zero-order chi connectivity index (χ0) is 16.5. The molecule has 0 saturated carbocycles. The number of benzene rings is 1. The summed E-state index contributed by atoms with van der Waals surface area (Å²) < 4.78 is 1.84. The molecule has 1 fully saturated rings. The highest BCUT2D eigenvalue weighted by atomic mass is 16.2. The molecule has 1 saturated heterocycles.